The molecule has 0 aliphatic carbocycles. The minimum Gasteiger partial charge on any atom is -0.381 e. The van der Waals surface area contributed by atoms with Crippen molar-refractivity contribution in [2.75, 3.05) is 26.3 Å². The van der Waals surface area contributed by atoms with Crippen LogP contribution in [0.3, 0.4) is 0 Å². The van der Waals surface area contributed by atoms with Crippen molar-refractivity contribution in [3.63, 3.8) is 0 Å². The van der Waals surface area contributed by atoms with Crippen molar-refractivity contribution in [2.45, 2.75) is 58.8 Å². The van der Waals surface area contributed by atoms with Crippen LogP contribution in [0.5, 0.6) is 0 Å². The quantitative estimate of drug-likeness (QED) is 0.685. The standard InChI is InChI=1S/C22H33NO3/c1-5-26-16-17-7-6-14-23(15-17)21(25)13-12-20(24)18-8-10-19(11-9-18)22(2,3)4/h8-11,17H,5-7,12-16H2,1-4H3. The van der Waals surface area contributed by atoms with E-state index < -0.39 is 0 Å². The lowest BCUT2D eigenvalue weighted by molar-refractivity contribution is -0.133. The molecule has 1 fully saturated rings. The molecule has 0 bridgehead atoms. The van der Waals surface area contributed by atoms with Gasteiger partial charge < -0.3 is 9.64 Å². The van der Waals surface area contributed by atoms with Crippen LogP contribution in [0.25, 0.3) is 0 Å². The number of amides is 1. The Bertz CT molecular complexity index is 601. The summed E-state index contributed by atoms with van der Waals surface area (Å²) in [7, 11) is 0. The van der Waals surface area contributed by atoms with Crippen molar-refractivity contribution >= 4 is 11.7 Å². The van der Waals surface area contributed by atoms with E-state index in [4.69, 9.17) is 4.74 Å². The second kappa shape index (κ2) is 9.31. The molecule has 4 nitrogen and oxygen atoms in total. The molecule has 0 N–H and O–H groups in total. The van der Waals surface area contributed by atoms with Gasteiger partial charge in [0.05, 0.1) is 6.61 Å². The molecule has 1 heterocycles. The summed E-state index contributed by atoms with van der Waals surface area (Å²) in [5.74, 6) is 0.556. The molecule has 1 amide bonds. The number of nitrogens with zero attached hydrogens (tertiary/aromatic N) is 1. The van der Waals surface area contributed by atoms with E-state index in [1.165, 1.54) is 5.56 Å². The SMILES string of the molecule is CCOCC1CCCN(C(=O)CCC(=O)c2ccc(C(C)(C)C)cc2)C1. The molecule has 1 aromatic rings. The lowest BCUT2D eigenvalue weighted by Gasteiger charge is -2.32. The fraction of sp³-hybridized carbons (Fsp3) is 0.636. The van der Waals surface area contributed by atoms with Gasteiger partial charge in [-0.05, 0) is 36.7 Å². The first-order valence-corrected chi connectivity index (χ1v) is 9.80. The first kappa shape index (κ1) is 20.6. The van der Waals surface area contributed by atoms with Crippen molar-refractivity contribution in [1.29, 1.82) is 0 Å². The Morgan fingerprint density at radius 1 is 1.15 bits per heavy atom. The number of hydrogen-bond donors (Lipinski definition) is 0. The molecule has 1 aliphatic rings. The highest BCUT2D eigenvalue weighted by Crippen LogP contribution is 2.23. The average Bonchev–Trinajstić information content (AvgIpc) is 2.63. The van der Waals surface area contributed by atoms with Gasteiger partial charge in [-0.1, -0.05) is 45.0 Å². The number of ketones is 1. The Kier molecular flexibility index (Phi) is 7.39. The monoisotopic (exact) mass is 359 g/mol. The normalized spacial score (nSPS) is 18.0. The van der Waals surface area contributed by atoms with Gasteiger partial charge in [-0.25, -0.2) is 0 Å². The van der Waals surface area contributed by atoms with E-state index in [9.17, 15) is 9.59 Å². The molecule has 0 spiro atoms. The Morgan fingerprint density at radius 3 is 2.46 bits per heavy atom. The van der Waals surface area contributed by atoms with Gasteiger partial charge in [0, 0.05) is 38.1 Å². The van der Waals surface area contributed by atoms with Gasteiger partial charge in [0.25, 0.3) is 0 Å². The van der Waals surface area contributed by atoms with Crippen molar-refractivity contribution < 1.29 is 14.3 Å². The summed E-state index contributed by atoms with van der Waals surface area (Å²) in [5, 5.41) is 0. The van der Waals surface area contributed by atoms with Gasteiger partial charge in [0.15, 0.2) is 5.78 Å². The highest BCUT2D eigenvalue weighted by Gasteiger charge is 2.24. The van der Waals surface area contributed by atoms with Gasteiger partial charge in [-0.15, -0.1) is 0 Å². The second-order valence-electron chi connectivity index (χ2n) is 8.26. The van der Waals surface area contributed by atoms with Crippen LogP contribution < -0.4 is 0 Å². The van der Waals surface area contributed by atoms with Crippen molar-refractivity contribution in [1.82, 2.24) is 4.90 Å². The van der Waals surface area contributed by atoms with Gasteiger partial charge in [0.1, 0.15) is 0 Å². The molecule has 1 unspecified atom stereocenters. The summed E-state index contributed by atoms with van der Waals surface area (Å²) in [6.45, 7) is 11.4. The Hall–Kier alpha value is -1.68. The predicted molar refractivity (Wildman–Crippen MR) is 105 cm³/mol. The number of likely N-dealkylation sites (tertiary alicyclic amines) is 1. The molecule has 0 radical (unpaired) electrons. The van der Waals surface area contributed by atoms with Crippen molar-refractivity contribution in [2.24, 2.45) is 5.92 Å². The minimum atomic E-state index is 0.0432. The number of carbonyl (C=O) groups excluding carboxylic acids is 2. The number of ether oxygens (including phenoxy) is 1. The largest absolute Gasteiger partial charge is 0.381 e. The number of piperidine rings is 1. The summed E-state index contributed by atoms with van der Waals surface area (Å²) < 4.78 is 5.50. The van der Waals surface area contributed by atoms with E-state index in [2.05, 4.69) is 20.8 Å². The number of hydrogen-bond acceptors (Lipinski definition) is 3. The van der Waals surface area contributed by atoms with Crippen LogP contribution in [0.4, 0.5) is 0 Å². The third-order valence-corrected chi connectivity index (χ3v) is 5.07. The van der Waals surface area contributed by atoms with Gasteiger partial charge in [-0.3, -0.25) is 9.59 Å². The van der Waals surface area contributed by atoms with Crippen LogP contribution in [-0.4, -0.2) is 42.9 Å². The summed E-state index contributed by atoms with van der Waals surface area (Å²) in [6.07, 6.45) is 2.70. The van der Waals surface area contributed by atoms with Gasteiger partial charge in [-0.2, -0.15) is 0 Å². The van der Waals surface area contributed by atoms with E-state index in [1.807, 2.05) is 36.1 Å². The summed E-state index contributed by atoms with van der Waals surface area (Å²) in [6, 6.07) is 7.79. The first-order chi connectivity index (χ1) is 12.3. The first-order valence-electron chi connectivity index (χ1n) is 9.80. The number of benzene rings is 1. The molecule has 26 heavy (non-hydrogen) atoms. The van der Waals surface area contributed by atoms with Gasteiger partial charge in [0.2, 0.25) is 5.91 Å². The number of carbonyl (C=O) groups is 2. The average molecular weight is 360 g/mol. The van der Waals surface area contributed by atoms with Crippen molar-refractivity contribution in [3.8, 4) is 0 Å². The second-order valence-corrected chi connectivity index (χ2v) is 8.26. The molecule has 144 valence electrons. The fourth-order valence-corrected chi connectivity index (χ4v) is 3.39. The van der Waals surface area contributed by atoms with E-state index in [1.54, 1.807) is 0 Å². The third-order valence-electron chi connectivity index (χ3n) is 5.07. The van der Waals surface area contributed by atoms with Crippen LogP contribution in [-0.2, 0) is 14.9 Å². The van der Waals surface area contributed by atoms with E-state index in [-0.39, 0.29) is 23.5 Å². The van der Waals surface area contributed by atoms with E-state index >= 15 is 0 Å². The molecule has 0 saturated carbocycles. The molecule has 2 rings (SSSR count). The van der Waals surface area contributed by atoms with Gasteiger partial charge >= 0.3 is 0 Å². The predicted octanol–water partition coefficient (Wildman–Crippen LogP) is 4.22. The van der Waals surface area contributed by atoms with Crippen LogP contribution in [0, 0.1) is 5.92 Å². The van der Waals surface area contributed by atoms with Crippen LogP contribution >= 0.6 is 0 Å². The molecule has 1 saturated heterocycles. The van der Waals surface area contributed by atoms with E-state index in [0.717, 1.165) is 32.5 Å². The maximum absolute atomic E-state index is 12.5. The highest BCUT2D eigenvalue weighted by molar-refractivity contribution is 5.98. The number of Topliss-reactive ketones (excluding diaryl/α,β-unsaturated/α-hetero) is 1. The van der Waals surface area contributed by atoms with E-state index in [0.29, 0.717) is 24.5 Å². The Balaban J connectivity index is 1.83. The number of rotatable bonds is 7. The lowest BCUT2D eigenvalue weighted by atomic mass is 9.86. The molecule has 1 aromatic carbocycles. The summed E-state index contributed by atoms with van der Waals surface area (Å²) in [5.41, 5.74) is 1.97. The summed E-state index contributed by atoms with van der Waals surface area (Å²) >= 11 is 0. The molecular weight excluding hydrogens is 326 g/mol. The zero-order chi connectivity index (χ0) is 19.2. The van der Waals surface area contributed by atoms with Crippen molar-refractivity contribution in [3.05, 3.63) is 35.4 Å². The Morgan fingerprint density at radius 2 is 1.85 bits per heavy atom. The maximum atomic E-state index is 12.5. The lowest BCUT2D eigenvalue weighted by Crippen LogP contribution is -2.41. The van der Waals surface area contributed by atoms with Crippen LogP contribution in [0.2, 0.25) is 0 Å². The van der Waals surface area contributed by atoms with Crippen LogP contribution in [0.15, 0.2) is 24.3 Å². The third kappa shape index (κ3) is 5.94. The maximum Gasteiger partial charge on any atom is 0.223 e. The zero-order valence-corrected chi connectivity index (χ0v) is 16.7. The fourth-order valence-electron chi connectivity index (χ4n) is 3.39. The smallest absolute Gasteiger partial charge is 0.223 e. The molecule has 1 aliphatic heterocycles. The summed E-state index contributed by atoms with van der Waals surface area (Å²) in [4.78, 5) is 26.8. The molecule has 1 atom stereocenters. The highest BCUT2D eigenvalue weighted by atomic mass is 16.5. The molecule has 4 heteroatoms. The Labute approximate surface area is 157 Å². The molecule has 0 aromatic heterocycles. The topological polar surface area (TPSA) is 46.6 Å². The minimum absolute atomic E-state index is 0.0432. The zero-order valence-electron chi connectivity index (χ0n) is 16.7. The molecular formula is C22H33NO3. The van der Waals surface area contributed by atoms with Crippen LogP contribution in [0.1, 0.15) is 69.3 Å².